The number of anilines is 3. The summed E-state index contributed by atoms with van der Waals surface area (Å²) >= 11 is 0. The van der Waals surface area contributed by atoms with Crippen LogP contribution < -0.4 is 4.90 Å². The molecule has 2 aromatic heterocycles. The van der Waals surface area contributed by atoms with Gasteiger partial charge in [0.1, 0.15) is 11.6 Å². The Balaban J connectivity index is 1.26. The number of rotatable bonds is 6. The molecule has 61 heavy (non-hydrogen) atoms. The van der Waals surface area contributed by atoms with E-state index in [4.69, 9.17) is 9.97 Å². The van der Waals surface area contributed by atoms with E-state index in [2.05, 4.69) is 163 Å². The molecule has 5 heteroatoms. The van der Waals surface area contributed by atoms with E-state index in [1.165, 1.54) is 27.9 Å². The molecule has 288 valence electrons. The van der Waals surface area contributed by atoms with E-state index in [0.717, 1.165) is 55.6 Å². The Morgan fingerprint density at radius 3 is 1.72 bits per heavy atom. The van der Waals surface area contributed by atoms with Gasteiger partial charge in [0.15, 0.2) is 5.82 Å². The zero-order chi connectivity index (χ0) is 41.1. The zero-order valence-corrected chi connectivity index (χ0v) is 33.8. The topological polar surface area (TPSA) is 57.7 Å². The third-order valence-electron chi connectivity index (χ3n) is 12.2. The molecule has 1 aliphatic heterocycles. The molecule has 0 unspecified atom stereocenters. The summed E-state index contributed by atoms with van der Waals surface area (Å²) in [5, 5.41) is 13.1. The molecule has 1 aliphatic rings. The summed E-state index contributed by atoms with van der Waals surface area (Å²) in [7, 11) is 0. The predicted molar refractivity (Wildman–Crippen MR) is 250 cm³/mol. The van der Waals surface area contributed by atoms with Crippen LogP contribution in [0.15, 0.2) is 200 Å². The van der Waals surface area contributed by atoms with Crippen LogP contribution in [0.2, 0.25) is 0 Å². The summed E-state index contributed by atoms with van der Waals surface area (Å²) in [4.78, 5) is 13.1. The van der Waals surface area contributed by atoms with Crippen LogP contribution in [-0.4, -0.2) is 14.5 Å². The number of fused-ring (bicyclic) bond motifs is 6. The Bertz CT molecular complexity index is 3270. The van der Waals surface area contributed by atoms with Gasteiger partial charge in [0.25, 0.3) is 0 Å². The van der Waals surface area contributed by atoms with Crippen LogP contribution >= 0.6 is 0 Å². The summed E-state index contributed by atoms with van der Waals surface area (Å²) in [5.74, 6) is 0.536. The van der Waals surface area contributed by atoms with Crippen LogP contribution in [0.25, 0.3) is 72.5 Å². The van der Waals surface area contributed by atoms with E-state index in [0.29, 0.717) is 22.8 Å². The summed E-state index contributed by atoms with van der Waals surface area (Å²) in [6.45, 7) is 4.69. The Kier molecular flexibility index (Phi) is 8.47. The first kappa shape index (κ1) is 36.0. The standard InChI is InChI=1S/C56H39N5/c1-56(2)45-28-16-18-30-49(45)60(41-25-13-6-14-26-41)54-46(56)32-34-50-51(54)42-27-15-17-29-47(42)61(50)48-33-31-40(37-19-7-3-8-20-37)35-43(48)55-58-52(38-21-9-4-10-22-38)44(36-57)53(59-55)39-23-11-5-12-24-39/h3-35H,1-2H3. The van der Waals surface area contributed by atoms with Crippen molar-refractivity contribution < 1.29 is 0 Å². The molecular formula is C56H39N5. The van der Waals surface area contributed by atoms with Crippen molar-refractivity contribution in [2.75, 3.05) is 4.90 Å². The van der Waals surface area contributed by atoms with Gasteiger partial charge in [-0.2, -0.15) is 5.26 Å². The Morgan fingerprint density at radius 1 is 0.492 bits per heavy atom. The minimum absolute atomic E-state index is 0.269. The molecular weight excluding hydrogens is 743 g/mol. The lowest BCUT2D eigenvalue weighted by Gasteiger charge is -2.42. The lowest BCUT2D eigenvalue weighted by Crippen LogP contribution is -2.30. The van der Waals surface area contributed by atoms with E-state index >= 15 is 0 Å². The predicted octanol–water partition coefficient (Wildman–Crippen LogP) is 14.2. The van der Waals surface area contributed by atoms with Crippen molar-refractivity contribution in [3.63, 3.8) is 0 Å². The molecule has 0 N–H and O–H groups in total. The van der Waals surface area contributed by atoms with Gasteiger partial charge >= 0.3 is 0 Å². The van der Waals surface area contributed by atoms with Crippen molar-refractivity contribution in [1.82, 2.24) is 14.5 Å². The highest BCUT2D eigenvalue weighted by molar-refractivity contribution is 6.18. The largest absolute Gasteiger partial charge is 0.309 e. The molecule has 0 atom stereocenters. The monoisotopic (exact) mass is 781 g/mol. The Hall–Kier alpha value is -8.07. The molecule has 8 aromatic carbocycles. The van der Waals surface area contributed by atoms with E-state index in [9.17, 15) is 5.26 Å². The van der Waals surface area contributed by atoms with E-state index in [1.54, 1.807) is 0 Å². The van der Waals surface area contributed by atoms with Gasteiger partial charge in [-0.3, -0.25) is 0 Å². The number of para-hydroxylation sites is 3. The number of nitriles is 1. The molecule has 0 radical (unpaired) electrons. The minimum atomic E-state index is -0.269. The van der Waals surface area contributed by atoms with Crippen molar-refractivity contribution in [2.45, 2.75) is 19.3 Å². The third kappa shape index (κ3) is 5.76. The average Bonchev–Trinajstić information content (AvgIpc) is 3.66. The second-order valence-electron chi connectivity index (χ2n) is 16.1. The average molecular weight is 782 g/mol. The first-order valence-electron chi connectivity index (χ1n) is 20.7. The third-order valence-corrected chi connectivity index (χ3v) is 12.2. The number of hydrogen-bond acceptors (Lipinski definition) is 4. The molecule has 5 nitrogen and oxygen atoms in total. The Morgan fingerprint density at radius 2 is 1.07 bits per heavy atom. The van der Waals surface area contributed by atoms with Crippen LogP contribution in [0.1, 0.15) is 30.5 Å². The molecule has 11 rings (SSSR count). The number of hydrogen-bond donors (Lipinski definition) is 0. The zero-order valence-electron chi connectivity index (χ0n) is 33.8. The molecule has 0 aliphatic carbocycles. The highest BCUT2D eigenvalue weighted by atomic mass is 15.2. The highest BCUT2D eigenvalue weighted by Crippen LogP contribution is 2.56. The maximum Gasteiger partial charge on any atom is 0.162 e. The van der Waals surface area contributed by atoms with Crippen molar-refractivity contribution >= 4 is 38.9 Å². The van der Waals surface area contributed by atoms with Gasteiger partial charge in [0.2, 0.25) is 0 Å². The Labute approximate surface area is 355 Å². The van der Waals surface area contributed by atoms with Crippen molar-refractivity contribution in [1.29, 1.82) is 5.26 Å². The molecule has 3 heterocycles. The van der Waals surface area contributed by atoms with Crippen LogP contribution in [0.4, 0.5) is 17.1 Å². The van der Waals surface area contributed by atoms with Gasteiger partial charge in [-0.1, -0.05) is 172 Å². The molecule has 0 spiro atoms. The van der Waals surface area contributed by atoms with Crippen LogP contribution in [0.5, 0.6) is 0 Å². The first-order valence-corrected chi connectivity index (χ1v) is 20.7. The van der Waals surface area contributed by atoms with E-state index in [-0.39, 0.29) is 5.41 Å². The summed E-state index contributed by atoms with van der Waals surface area (Å²) in [6, 6.07) is 72.4. The second kappa shape index (κ2) is 14.3. The minimum Gasteiger partial charge on any atom is -0.309 e. The fourth-order valence-corrected chi connectivity index (χ4v) is 9.36. The van der Waals surface area contributed by atoms with Gasteiger partial charge in [0, 0.05) is 38.6 Å². The molecule has 0 saturated carbocycles. The number of benzene rings is 8. The van der Waals surface area contributed by atoms with E-state index in [1.807, 2.05) is 66.7 Å². The van der Waals surface area contributed by atoms with Crippen LogP contribution in [0, 0.1) is 11.3 Å². The van der Waals surface area contributed by atoms with E-state index < -0.39 is 0 Å². The quantitative estimate of drug-likeness (QED) is 0.169. The van der Waals surface area contributed by atoms with Crippen molar-refractivity contribution in [2.24, 2.45) is 0 Å². The molecule has 0 bridgehead atoms. The molecule has 0 amide bonds. The maximum atomic E-state index is 10.8. The fraction of sp³-hybridized carbons (Fsp3) is 0.0536. The smallest absolute Gasteiger partial charge is 0.162 e. The first-order chi connectivity index (χ1) is 30.0. The van der Waals surface area contributed by atoms with Gasteiger partial charge in [-0.25, -0.2) is 9.97 Å². The van der Waals surface area contributed by atoms with Gasteiger partial charge in [-0.15, -0.1) is 0 Å². The summed E-state index contributed by atoms with van der Waals surface area (Å²) in [6.07, 6.45) is 0. The van der Waals surface area contributed by atoms with Crippen molar-refractivity contribution in [3.05, 3.63) is 217 Å². The fourth-order valence-electron chi connectivity index (χ4n) is 9.36. The van der Waals surface area contributed by atoms with Gasteiger partial charge < -0.3 is 9.47 Å². The maximum absolute atomic E-state index is 10.8. The summed E-state index contributed by atoms with van der Waals surface area (Å²) < 4.78 is 2.39. The van der Waals surface area contributed by atoms with Crippen molar-refractivity contribution in [3.8, 4) is 56.8 Å². The van der Waals surface area contributed by atoms with Crippen LogP contribution in [-0.2, 0) is 5.41 Å². The summed E-state index contributed by atoms with van der Waals surface area (Å²) in [5.41, 5.74) is 15.2. The molecule has 0 fully saturated rings. The number of aromatic nitrogens is 3. The van der Waals surface area contributed by atoms with Gasteiger partial charge in [0.05, 0.1) is 39.5 Å². The lowest BCUT2D eigenvalue weighted by atomic mass is 9.73. The molecule has 0 saturated heterocycles. The SMILES string of the molecule is CC1(C)c2ccccc2N(c2ccccc2)c2c1ccc1c2c2ccccc2n1-c1ccc(-c2ccccc2)cc1-c1nc(-c2ccccc2)c(C#N)c(-c2ccccc2)n1. The number of nitrogens with zero attached hydrogens (tertiary/aromatic N) is 5. The second-order valence-corrected chi connectivity index (χ2v) is 16.1. The lowest BCUT2D eigenvalue weighted by molar-refractivity contribution is 0.633. The van der Waals surface area contributed by atoms with Crippen LogP contribution in [0.3, 0.4) is 0 Å². The van der Waals surface area contributed by atoms with Gasteiger partial charge in [-0.05, 0) is 64.7 Å². The highest BCUT2D eigenvalue weighted by Gasteiger charge is 2.39. The normalized spacial score (nSPS) is 12.8. The molecule has 10 aromatic rings.